The Morgan fingerprint density at radius 3 is 2.47 bits per heavy atom. The van der Waals surface area contributed by atoms with E-state index in [1.807, 2.05) is 19.1 Å². The second-order valence-corrected chi connectivity index (χ2v) is 6.52. The van der Waals surface area contributed by atoms with Crippen molar-refractivity contribution in [1.29, 1.82) is 0 Å². The average molecular weight is 343 g/mol. The average Bonchev–Trinajstić information content (AvgIpc) is 2.77. The van der Waals surface area contributed by atoms with Crippen LogP contribution in [0.4, 0.5) is 0 Å². The van der Waals surface area contributed by atoms with Crippen LogP contribution in [0.1, 0.15) is 22.1 Å². The van der Waals surface area contributed by atoms with Gasteiger partial charge in [0.25, 0.3) is 0 Å². The van der Waals surface area contributed by atoms with Crippen molar-refractivity contribution in [3.05, 3.63) is 44.1 Å². The molecule has 5 heteroatoms. The van der Waals surface area contributed by atoms with Crippen molar-refractivity contribution < 1.29 is 14.6 Å². The molecule has 1 heterocycles. The van der Waals surface area contributed by atoms with Gasteiger partial charge in [0.05, 0.1) is 18.0 Å². The molecular weight excluding hydrogens is 328 g/mol. The number of aliphatic hydroxyl groups is 1. The maximum atomic E-state index is 10.5. The van der Waals surface area contributed by atoms with E-state index in [9.17, 15) is 5.11 Å². The lowest BCUT2D eigenvalue weighted by molar-refractivity contribution is 0.218. The van der Waals surface area contributed by atoms with Crippen molar-refractivity contribution >= 4 is 27.3 Å². The molecule has 1 aromatic carbocycles. The maximum Gasteiger partial charge on any atom is 0.125 e. The van der Waals surface area contributed by atoms with Gasteiger partial charge in [0.1, 0.15) is 17.6 Å². The van der Waals surface area contributed by atoms with Crippen LogP contribution >= 0.6 is 27.3 Å². The van der Waals surface area contributed by atoms with E-state index in [0.717, 1.165) is 14.2 Å². The van der Waals surface area contributed by atoms with Crippen LogP contribution < -0.4 is 9.47 Å². The Kier molecular flexibility index (Phi) is 4.50. The molecule has 1 atom stereocenters. The summed E-state index contributed by atoms with van der Waals surface area (Å²) in [6.45, 7) is 2.00. The van der Waals surface area contributed by atoms with Gasteiger partial charge < -0.3 is 14.6 Å². The topological polar surface area (TPSA) is 38.7 Å². The van der Waals surface area contributed by atoms with Crippen LogP contribution in [0.25, 0.3) is 0 Å². The number of ether oxygens (including phenoxy) is 2. The summed E-state index contributed by atoms with van der Waals surface area (Å²) in [5.74, 6) is 1.35. The Bertz CT molecular complexity index is 561. The molecule has 2 rings (SSSR count). The molecule has 0 bridgehead atoms. The van der Waals surface area contributed by atoms with E-state index in [4.69, 9.17) is 9.47 Å². The summed E-state index contributed by atoms with van der Waals surface area (Å²) in [6, 6.07) is 7.38. The number of aryl methyl sites for hydroxylation is 1. The summed E-state index contributed by atoms with van der Waals surface area (Å²) < 4.78 is 11.5. The Labute approximate surface area is 124 Å². The minimum Gasteiger partial charge on any atom is -0.497 e. The van der Waals surface area contributed by atoms with Crippen LogP contribution in [-0.2, 0) is 0 Å². The van der Waals surface area contributed by atoms with E-state index in [2.05, 4.69) is 15.9 Å². The predicted molar refractivity (Wildman–Crippen MR) is 80.4 cm³/mol. The minimum atomic E-state index is -0.722. The number of hydrogen-bond acceptors (Lipinski definition) is 4. The molecule has 2 aromatic rings. The van der Waals surface area contributed by atoms with Crippen LogP contribution in [0.5, 0.6) is 11.5 Å². The van der Waals surface area contributed by atoms with Gasteiger partial charge in [0, 0.05) is 10.4 Å². The molecule has 1 aromatic heterocycles. The van der Waals surface area contributed by atoms with Gasteiger partial charge in [-0.3, -0.25) is 0 Å². The molecule has 102 valence electrons. The monoisotopic (exact) mass is 342 g/mol. The second-order valence-electron chi connectivity index (χ2n) is 4.12. The first-order valence-electron chi connectivity index (χ1n) is 5.72. The fraction of sp³-hybridized carbons (Fsp3) is 0.286. The number of hydrogen-bond donors (Lipinski definition) is 1. The highest BCUT2D eigenvalue weighted by molar-refractivity contribution is 9.11. The van der Waals surface area contributed by atoms with Crippen molar-refractivity contribution in [3.63, 3.8) is 0 Å². The molecule has 1 unspecified atom stereocenters. The van der Waals surface area contributed by atoms with Gasteiger partial charge in [0.15, 0.2) is 0 Å². The molecule has 0 aliphatic rings. The van der Waals surface area contributed by atoms with E-state index < -0.39 is 6.10 Å². The third-order valence-electron chi connectivity index (χ3n) is 2.88. The van der Waals surface area contributed by atoms with Gasteiger partial charge >= 0.3 is 0 Å². The fourth-order valence-corrected chi connectivity index (χ4v) is 3.40. The van der Waals surface area contributed by atoms with Crippen LogP contribution in [0.15, 0.2) is 28.1 Å². The SMILES string of the molecule is COc1ccc(OC)c(C(O)c2cc(C)c(Br)s2)c1. The lowest BCUT2D eigenvalue weighted by Gasteiger charge is -2.14. The summed E-state index contributed by atoms with van der Waals surface area (Å²) in [5.41, 5.74) is 1.82. The summed E-state index contributed by atoms with van der Waals surface area (Å²) in [4.78, 5) is 0.871. The highest BCUT2D eigenvalue weighted by Crippen LogP contribution is 2.38. The van der Waals surface area contributed by atoms with E-state index in [1.54, 1.807) is 26.4 Å². The highest BCUT2D eigenvalue weighted by Gasteiger charge is 2.19. The standard InChI is InChI=1S/C14H15BrO3S/c1-8-6-12(19-14(8)15)13(16)10-7-9(17-2)4-5-11(10)18-3/h4-7,13,16H,1-3H3. The lowest BCUT2D eigenvalue weighted by Crippen LogP contribution is -2.01. The summed E-state index contributed by atoms with van der Waals surface area (Å²) in [5, 5.41) is 10.5. The summed E-state index contributed by atoms with van der Waals surface area (Å²) in [7, 11) is 3.19. The third kappa shape index (κ3) is 2.94. The number of aliphatic hydroxyl groups excluding tert-OH is 1. The van der Waals surface area contributed by atoms with Gasteiger partial charge in [0.2, 0.25) is 0 Å². The Morgan fingerprint density at radius 1 is 1.21 bits per heavy atom. The molecule has 3 nitrogen and oxygen atoms in total. The van der Waals surface area contributed by atoms with E-state index >= 15 is 0 Å². The zero-order valence-corrected chi connectivity index (χ0v) is 13.3. The summed E-state index contributed by atoms with van der Waals surface area (Å²) >= 11 is 4.99. The fourth-order valence-electron chi connectivity index (χ4n) is 1.82. The lowest BCUT2D eigenvalue weighted by atomic mass is 10.1. The smallest absolute Gasteiger partial charge is 0.125 e. The van der Waals surface area contributed by atoms with E-state index in [0.29, 0.717) is 17.1 Å². The molecule has 0 fully saturated rings. The van der Waals surface area contributed by atoms with Crippen LogP contribution in [0, 0.1) is 6.92 Å². The predicted octanol–water partition coefficient (Wildman–Crippen LogP) is 3.92. The Morgan fingerprint density at radius 2 is 1.95 bits per heavy atom. The van der Waals surface area contributed by atoms with Crippen LogP contribution in [0.2, 0.25) is 0 Å². The number of halogens is 1. The molecule has 1 N–H and O–H groups in total. The number of thiophene rings is 1. The van der Waals surface area contributed by atoms with Gasteiger partial charge in [-0.25, -0.2) is 0 Å². The van der Waals surface area contributed by atoms with E-state index in [1.165, 1.54) is 11.3 Å². The van der Waals surface area contributed by atoms with Crippen molar-refractivity contribution in [2.75, 3.05) is 14.2 Å². The first-order valence-corrected chi connectivity index (χ1v) is 7.33. The molecule has 0 saturated carbocycles. The van der Waals surface area contributed by atoms with Crippen LogP contribution in [-0.4, -0.2) is 19.3 Å². The highest BCUT2D eigenvalue weighted by atomic mass is 79.9. The third-order valence-corrected chi connectivity index (χ3v) is 5.07. The largest absolute Gasteiger partial charge is 0.497 e. The van der Waals surface area contributed by atoms with Crippen molar-refractivity contribution in [1.82, 2.24) is 0 Å². The minimum absolute atomic E-state index is 0.649. The normalized spacial score (nSPS) is 12.3. The number of rotatable bonds is 4. The summed E-state index contributed by atoms with van der Waals surface area (Å²) in [6.07, 6.45) is -0.722. The van der Waals surface area contributed by atoms with Gasteiger partial charge in [-0.1, -0.05) is 0 Å². The maximum absolute atomic E-state index is 10.5. The van der Waals surface area contributed by atoms with Crippen molar-refractivity contribution in [2.45, 2.75) is 13.0 Å². The first kappa shape index (κ1) is 14.4. The molecular formula is C14H15BrO3S. The van der Waals surface area contributed by atoms with Gasteiger partial charge in [-0.15, -0.1) is 11.3 Å². The van der Waals surface area contributed by atoms with Crippen molar-refractivity contribution in [2.24, 2.45) is 0 Å². The first-order chi connectivity index (χ1) is 9.06. The van der Waals surface area contributed by atoms with Gasteiger partial charge in [-0.2, -0.15) is 0 Å². The number of benzene rings is 1. The zero-order chi connectivity index (χ0) is 14.0. The van der Waals surface area contributed by atoms with Crippen LogP contribution in [0.3, 0.4) is 0 Å². The Hall–Kier alpha value is -1.04. The molecule has 0 spiro atoms. The van der Waals surface area contributed by atoms with Gasteiger partial charge in [-0.05, 0) is 52.7 Å². The molecule has 0 radical (unpaired) electrons. The molecule has 0 aliphatic carbocycles. The molecule has 19 heavy (non-hydrogen) atoms. The molecule has 0 aliphatic heterocycles. The molecule has 0 saturated heterocycles. The number of methoxy groups -OCH3 is 2. The second kappa shape index (κ2) is 5.94. The molecule has 0 amide bonds. The Balaban J connectivity index is 2.44. The van der Waals surface area contributed by atoms with E-state index in [-0.39, 0.29) is 0 Å². The van der Waals surface area contributed by atoms with Crippen molar-refractivity contribution in [3.8, 4) is 11.5 Å². The zero-order valence-electron chi connectivity index (χ0n) is 10.9. The quantitative estimate of drug-likeness (QED) is 0.915.